The Morgan fingerprint density at radius 3 is 2.48 bits per heavy atom. The lowest BCUT2D eigenvalue weighted by atomic mass is 10.2. The van der Waals surface area contributed by atoms with Gasteiger partial charge in [0.15, 0.2) is 5.96 Å². The first-order valence-corrected chi connectivity index (χ1v) is 8.97. The Morgan fingerprint density at radius 1 is 1.17 bits per heavy atom. The van der Waals surface area contributed by atoms with E-state index in [0.717, 1.165) is 6.42 Å². The van der Waals surface area contributed by atoms with Gasteiger partial charge in [0, 0.05) is 38.2 Å². The molecule has 0 heterocycles. The fourth-order valence-corrected chi connectivity index (χ4v) is 2.25. The molecule has 0 unspecified atom stereocenters. The Hall–Kier alpha value is -1.53. The molecule has 0 atom stereocenters. The van der Waals surface area contributed by atoms with Crippen molar-refractivity contribution in [2.75, 3.05) is 20.2 Å². The van der Waals surface area contributed by atoms with Gasteiger partial charge in [0.05, 0.1) is 6.61 Å². The number of hydrogen-bond donors (Lipinski definition) is 2. The summed E-state index contributed by atoms with van der Waals surface area (Å²) in [4.78, 5) is 3.96. The smallest absolute Gasteiger partial charge is 0.389 e. The monoisotopic (exact) mass is 539 g/mol. The molecule has 0 aromatic heterocycles. The van der Waals surface area contributed by atoms with Gasteiger partial charge in [-0.05, 0) is 31.4 Å². The zero-order valence-electron chi connectivity index (χ0n) is 16.3. The van der Waals surface area contributed by atoms with Gasteiger partial charge in [-0.1, -0.05) is 6.92 Å². The van der Waals surface area contributed by atoms with E-state index in [2.05, 4.69) is 20.4 Å². The molecule has 1 aromatic carbocycles. The van der Waals surface area contributed by atoms with Crippen LogP contribution in [0.15, 0.2) is 23.2 Å². The summed E-state index contributed by atoms with van der Waals surface area (Å²) in [6.45, 7) is -0.155. The Bertz CT molecular complexity index is 616. The number of guanidine groups is 1. The number of halogens is 6. The van der Waals surface area contributed by atoms with Gasteiger partial charge >= 0.3 is 12.8 Å². The van der Waals surface area contributed by atoms with E-state index in [-0.39, 0.29) is 42.7 Å². The number of alkyl halides is 5. The third kappa shape index (κ3) is 12.6. The van der Waals surface area contributed by atoms with Gasteiger partial charge in [0.1, 0.15) is 11.5 Å². The molecule has 168 valence electrons. The van der Waals surface area contributed by atoms with Crippen molar-refractivity contribution < 1.29 is 31.4 Å². The zero-order valence-corrected chi connectivity index (χ0v) is 18.7. The van der Waals surface area contributed by atoms with Gasteiger partial charge in [-0.15, -0.1) is 24.0 Å². The molecule has 5 nitrogen and oxygen atoms in total. The summed E-state index contributed by atoms with van der Waals surface area (Å²) < 4.78 is 71.7. The van der Waals surface area contributed by atoms with Crippen molar-refractivity contribution in [2.24, 2.45) is 4.99 Å². The van der Waals surface area contributed by atoms with Crippen LogP contribution < -0.4 is 20.1 Å². The largest absolute Gasteiger partial charge is 0.493 e. The second-order valence-corrected chi connectivity index (χ2v) is 5.92. The standard InChI is InChI=1S/C18H26F5N3O2.HI/c1-3-10-27-14-7-6-13(15(11-14)28-16(19)20)12-26-17(24-2)25-9-5-4-8-18(21,22)23;/h6-7,11,16H,3-5,8-10,12H2,1-2H3,(H2,24,25,26);1H. The molecule has 0 saturated heterocycles. The molecule has 0 amide bonds. The average Bonchev–Trinajstić information content (AvgIpc) is 2.62. The van der Waals surface area contributed by atoms with Crippen molar-refractivity contribution in [3.63, 3.8) is 0 Å². The van der Waals surface area contributed by atoms with Crippen molar-refractivity contribution >= 4 is 29.9 Å². The predicted molar refractivity (Wildman–Crippen MR) is 112 cm³/mol. The molecule has 0 radical (unpaired) electrons. The van der Waals surface area contributed by atoms with Crippen molar-refractivity contribution in [1.82, 2.24) is 10.6 Å². The van der Waals surface area contributed by atoms with Gasteiger partial charge in [0.25, 0.3) is 0 Å². The Labute approximate surface area is 184 Å². The van der Waals surface area contributed by atoms with E-state index >= 15 is 0 Å². The van der Waals surface area contributed by atoms with Crippen LogP contribution >= 0.6 is 24.0 Å². The molecule has 2 N–H and O–H groups in total. The van der Waals surface area contributed by atoms with Crippen LogP contribution in [0.25, 0.3) is 0 Å². The first-order valence-electron chi connectivity index (χ1n) is 8.97. The van der Waals surface area contributed by atoms with Gasteiger partial charge in [-0.25, -0.2) is 0 Å². The second kappa shape index (κ2) is 14.5. The minimum Gasteiger partial charge on any atom is -0.493 e. The fraction of sp³-hybridized carbons (Fsp3) is 0.611. The van der Waals surface area contributed by atoms with Crippen LogP contribution in [-0.4, -0.2) is 38.9 Å². The molecule has 0 aliphatic heterocycles. The summed E-state index contributed by atoms with van der Waals surface area (Å²) in [5.74, 6) is 0.756. The first kappa shape index (κ1) is 27.5. The average molecular weight is 539 g/mol. The fourth-order valence-electron chi connectivity index (χ4n) is 2.25. The maximum atomic E-state index is 12.7. The van der Waals surface area contributed by atoms with Gasteiger partial charge in [0.2, 0.25) is 0 Å². The lowest BCUT2D eigenvalue weighted by molar-refractivity contribution is -0.135. The molecular weight excluding hydrogens is 512 g/mol. The number of benzene rings is 1. The Balaban J connectivity index is 0.00000784. The van der Waals surface area contributed by atoms with Crippen LogP contribution in [0.3, 0.4) is 0 Å². The van der Waals surface area contributed by atoms with E-state index in [0.29, 0.717) is 36.8 Å². The highest BCUT2D eigenvalue weighted by molar-refractivity contribution is 14.0. The molecule has 0 aliphatic carbocycles. The first-order chi connectivity index (χ1) is 13.2. The van der Waals surface area contributed by atoms with Crippen LogP contribution in [0.4, 0.5) is 22.0 Å². The third-order valence-corrected chi connectivity index (χ3v) is 3.58. The van der Waals surface area contributed by atoms with E-state index in [1.54, 1.807) is 12.1 Å². The summed E-state index contributed by atoms with van der Waals surface area (Å²) in [5, 5.41) is 5.80. The van der Waals surface area contributed by atoms with Gasteiger partial charge in [-0.3, -0.25) is 4.99 Å². The summed E-state index contributed by atoms with van der Waals surface area (Å²) in [5.41, 5.74) is 0.462. The number of rotatable bonds is 11. The molecule has 11 heteroatoms. The number of ether oxygens (including phenoxy) is 2. The Kier molecular flexibility index (Phi) is 13.7. The molecule has 0 spiro atoms. The number of hydrogen-bond acceptors (Lipinski definition) is 3. The maximum Gasteiger partial charge on any atom is 0.389 e. The summed E-state index contributed by atoms with van der Waals surface area (Å²) in [6, 6.07) is 4.65. The van der Waals surface area contributed by atoms with Crippen molar-refractivity contribution in [3.05, 3.63) is 23.8 Å². The number of aliphatic imine (C=N–C) groups is 1. The van der Waals surface area contributed by atoms with Crippen molar-refractivity contribution in [2.45, 2.75) is 51.9 Å². The van der Waals surface area contributed by atoms with Crippen molar-refractivity contribution in [3.8, 4) is 11.5 Å². The minimum absolute atomic E-state index is 0. The molecule has 1 rings (SSSR count). The van der Waals surface area contributed by atoms with Crippen molar-refractivity contribution in [1.29, 1.82) is 0 Å². The molecule has 0 fully saturated rings. The molecule has 29 heavy (non-hydrogen) atoms. The quantitative estimate of drug-likeness (QED) is 0.135. The number of nitrogens with one attached hydrogen (secondary N) is 2. The third-order valence-electron chi connectivity index (χ3n) is 3.58. The topological polar surface area (TPSA) is 54.9 Å². The lowest BCUT2D eigenvalue weighted by Gasteiger charge is -2.16. The van der Waals surface area contributed by atoms with E-state index in [4.69, 9.17) is 4.74 Å². The van der Waals surface area contributed by atoms with Crippen LogP contribution in [0.1, 0.15) is 38.2 Å². The van der Waals surface area contributed by atoms with Crippen LogP contribution in [0.2, 0.25) is 0 Å². The van der Waals surface area contributed by atoms with E-state index in [1.165, 1.54) is 13.1 Å². The lowest BCUT2D eigenvalue weighted by Crippen LogP contribution is -2.37. The molecular formula is C18H27F5IN3O2. The summed E-state index contributed by atoms with van der Waals surface area (Å²) in [7, 11) is 1.50. The maximum absolute atomic E-state index is 12.7. The van der Waals surface area contributed by atoms with E-state index in [9.17, 15) is 22.0 Å². The van der Waals surface area contributed by atoms with Crippen LogP contribution in [0.5, 0.6) is 11.5 Å². The predicted octanol–water partition coefficient (Wildman–Crippen LogP) is 5.09. The summed E-state index contributed by atoms with van der Waals surface area (Å²) in [6.07, 6.45) is -3.88. The van der Waals surface area contributed by atoms with Crippen LogP contribution in [-0.2, 0) is 6.54 Å². The molecule has 0 aliphatic rings. The number of nitrogens with zero attached hydrogens (tertiary/aromatic N) is 1. The second-order valence-electron chi connectivity index (χ2n) is 5.92. The minimum atomic E-state index is -4.16. The van der Waals surface area contributed by atoms with Gasteiger partial charge < -0.3 is 20.1 Å². The normalized spacial score (nSPS) is 11.8. The highest BCUT2D eigenvalue weighted by Gasteiger charge is 2.25. The Morgan fingerprint density at radius 2 is 1.90 bits per heavy atom. The zero-order chi connectivity index (χ0) is 21.0. The SMILES string of the molecule is CCCOc1ccc(CNC(=NC)NCCCCC(F)(F)F)c(OC(F)F)c1.I. The van der Waals surface area contributed by atoms with E-state index in [1.807, 2.05) is 6.92 Å². The summed E-state index contributed by atoms with van der Waals surface area (Å²) >= 11 is 0. The molecule has 1 aromatic rings. The highest BCUT2D eigenvalue weighted by atomic mass is 127. The highest BCUT2D eigenvalue weighted by Crippen LogP contribution is 2.26. The van der Waals surface area contributed by atoms with E-state index < -0.39 is 19.2 Å². The van der Waals surface area contributed by atoms with Gasteiger partial charge in [-0.2, -0.15) is 22.0 Å². The molecule has 0 saturated carbocycles. The van der Waals surface area contributed by atoms with Crippen LogP contribution in [0, 0.1) is 0 Å². The molecule has 0 bridgehead atoms. The number of unbranched alkanes of at least 4 members (excludes halogenated alkanes) is 1.